The second-order valence-electron chi connectivity index (χ2n) is 4.65. The Balaban J connectivity index is 2.11. The van der Waals surface area contributed by atoms with Gasteiger partial charge >= 0.3 is 6.18 Å². The fourth-order valence-electron chi connectivity index (χ4n) is 2.06. The highest BCUT2D eigenvalue weighted by Crippen LogP contribution is 2.30. The largest absolute Gasteiger partial charge is 0.416 e. The molecule has 0 bridgehead atoms. The van der Waals surface area contributed by atoms with Gasteiger partial charge in [0.15, 0.2) is 0 Å². The molecule has 0 amide bonds. The summed E-state index contributed by atoms with van der Waals surface area (Å²) >= 11 is 5.82. The monoisotopic (exact) mass is 324 g/mol. The second kappa shape index (κ2) is 5.14. The molecular formula is C15H8ClF3N2O. The summed E-state index contributed by atoms with van der Waals surface area (Å²) in [7, 11) is 0. The molecule has 0 atom stereocenters. The first-order chi connectivity index (χ1) is 10.3. The summed E-state index contributed by atoms with van der Waals surface area (Å²) in [4.78, 5) is 18.8. The molecule has 22 heavy (non-hydrogen) atoms. The molecule has 7 heteroatoms. The van der Waals surface area contributed by atoms with E-state index in [2.05, 4.69) is 9.97 Å². The van der Waals surface area contributed by atoms with Crippen LogP contribution in [0.4, 0.5) is 13.2 Å². The van der Waals surface area contributed by atoms with Gasteiger partial charge in [0.25, 0.3) is 5.56 Å². The minimum absolute atomic E-state index is 0.202. The number of aromatic nitrogens is 2. The van der Waals surface area contributed by atoms with Crippen molar-refractivity contribution in [2.24, 2.45) is 0 Å². The topological polar surface area (TPSA) is 45.8 Å². The van der Waals surface area contributed by atoms with Crippen molar-refractivity contribution in [3.8, 4) is 11.4 Å². The first-order valence-electron chi connectivity index (χ1n) is 6.22. The van der Waals surface area contributed by atoms with E-state index in [1.165, 1.54) is 18.2 Å². The van der Waals surface area contributed by atoms with Crippen LogP contribution in [-0.2, 0) is 6.18 Å². The Morgan fingerprint density at radius 1 is 1.05 bits per heavy atom. The van der Waals surface area contributed by atoms with Crippen LogP contribution in [0, 0.1) is 0 Å². The Morgan fingerprint density at radius 3 is 2.36 bits per heavy atom. The summed E-state index contributed by atoms with van der Waals surface area (Å²) in [5.74, 6) is 0.202. The van der Waals surface area contributed by atoms with Crippen LogP contribution in [0.25, 0.3) is 22.3 Å². The Labute approximate surface area is 127 Å². The van der Waals surface area contributed by atoms with Crippen molar-refractivity contribution in [2.75, 3.05) is 0 Å². The Morgan fingerprint density at radius 2 is 1.73 bits per heavy atom. The molecule has 1 heterocycles. The number of benzene rings is 2. The maximum absolute atomic E-state index is 12.5. The Kier molecular flexibility index (Phi) is 3.41. The van der Waals surface area contributed by atoms with Crippen LogP contribution in [-0.4, -0.2) is 9.97 Å². The lowest BCUT2D eigenvalue weighted by Crippen LogP contribution is -2.10. The average Bonchev–Trinajstić information content (AvgIpc) is 2.47. The van der Waals surface area contributed by atoms with Crippen LogP contribution in [0.15, 0.2) is 47.3 Å². The first kappa shape index (κ1) is 14.6. The second-order valence-corrected chi connectivity index (χ2v) is 5.09. The normalized spacial score (nSPS) is 11.8. The van der Waals surface area contributed by atoms with E-state index in [1.807, 2.05) is 0 Å². The molecule has 3 rings (SSSR count). The Hall–Kier alpha value is -2.34. The summed E-state index contributed by atoms with van der Waals surface area (Å²) in [6, 6.07) is 9.08. The van der Waals surface area contributed by atoms with Gasteiger partial charge in [-0.1, -0.05) is 23.7 Å². The van der Waals surface area contributed by atoms with Gasteiger partial charge in [-0.25, -0.2) is 4.98 Å². The van der Waals surface area contributed by atoms with E-state index in [0.29, 0.717) is 21.5 Å². The number of rotatable bonds is 1. The number of nitrogens with one attached hydrogen (secondary N) is 1. The van der Waals surface area contributed by atoms with E-state index in [4.69, 9.17) is 11.6 Å². The highest BCUT2D eigenvalue weighted by Gasteiger charge is 2.30. The van der Waals surface area contributed by atoms with E-state index in [-0.39, 0.29) is 5.82 Å². The standard InChI is InChI=1S/C15H8ClF3N2O/c16-10-5-6-12-11(7-10)14(22)21-13(20-12)8-1-3-9(4-2-8)15(17,18)19/h1-7H,(H,20,21,22). The molecule has 3 nitrogen and oxygen atoms in total. The number of fused-ring (bicyclic) bond motifs is 1. The molecule has 0 aliphatic rings. The predicted octanol–water partition coefficient (Wildman–Crippen LogP) is 4.26. The SMILES string of the molecule is O=c1[nH]c(-c2ccc(C(F)(F)F)cc2)nc2ccc(Cl)cc12. The van der Waals surface area contributed by atoms with Gasteiger partial charge < -0.3 is 4.98 Å². The number of hydrogen-bond acceptors (Lipinski definition) is 2. The van der Waals surface area contributed by atoms with E-state index in [1.54, 1.807) is 12.1 Å². The lowest BCUT2D eigenvalue weighted by atomic mass is 10.1. The quantitative estimate of drug-likeness (QED) is 0.727. The van der Waals surface area contributed by atoms with Crippen molar-refractivity contribution >= 4 is 22.5 Å². The first-order valence-corrected chi connectivity index (χ1v) is 6.59. The highest BCUT2D eigenvalue weighted by atomic mass is 35.5. The third-order valence-corrected chi connectivity index (χ3v) is 3.39. The zero-order chi connectivity index (χ0) is 15.9. The van der Waals surface area contributed by atoms with Crippen LogP contribution in [0.2, 0.25) is 5.02 Å². The van der Waals surface area contributed by atoms with Crippen LogP contribution >= 0.6 is 11.6 Å². The average molecular weight is 325 g/mol. The smallest absolute Gasteiger partial charge is 0.306 e. The summed E-state index contributed by atoms with van der Waals surface area (Å²) in [5.41, 5.74) is -0.349. The third-order valence-electron chi connectivity index (χ3n) is 3.15. The fourth-order valence-corrected chi connectivity index (χ4v) is 2.24. The van der Waals surface area contributed by atoms with Gasteiger partial charge in [-0.2, -0.15) is 13.2 Å². The molecule has 0 saturated carbocycles. The van der Waals surface area contributed by atoms with Crippen molar-refractivity contribution < 1.29 is 13.2 Å². The van der Waals surface area contributed by atoms with Gasteiger partial charge in [0, 0.05) is 10.6 Å². The van der Waals surface area contributed by atoms with Gasteiger partial charge in [-0.15, -0.1) is 0 Å². The minimum atomic E-state index is -4.40. The summed E-state index contributed by atoms with van der Waals surface area (Å²) in [6.07, 6.45) is -4.40. The molecule has 3 aromatic rings. The molecular weight excluding hydrogens is 317 g/mol. The number of hydrogen-bond donors (Lipinski definition) is 1. The number of halogens is 4. The van der Waals surface area contributed by atoms with Gasteiger partial charge in [-0.3, -0.25) is 4.79 Å². The summed E-state index contributed by atoms with van der Waals surface area (Å²) in [6.45, 7) is 0. The number of aromatic amines is 1. The minimum Gasteiger partial charge on any atom is -0.306 e. The molecule has 1 N–H and O–H groups in total. The molecule has 0 aliphatic heterocycles. The van der Waals surface area contributed by atoms with Crippen molar-refractivity contribution in [1.82, 2.24) is 9.97 Å². The molecule has 112 valence electrons. The predicted molar refractivity (Wildman–Crippen MR) is 77.8 cm³/mol. The molecule has 2 aromatic carbocycles. The van der Waals surface area contributed by atoms with Crippen LogP contribution in [0.1, 0.15) is 5.56 Å². The molecule has 0 aliphatic carbocycles. The van der Waals surface area contributed by atoms with E-state index in [9.17, 15) is 18.0 Å². The van der Waals surface area contributed by atoms with E-state index < -0.39 is 17.3 Å². The van der Waals surface area contributed by atoms with Crippen molar-refractivity contribution in [2.45, 2.75) is 6.18 Å². The van der Waals surface area contributed by atoms with Gasteiger partial charge in [-0.05, 0) is 30.3 Å². The maximum atomic E-state index is 12.5. The van der Waals surface area contributed by atoms with Crippen molar-refractivity contribution in [3.63, 3.8) is 0 Å². The lowest BCUT2D eigenvalue weighted by Gasteiger charge is -2.08. The molecule has 0 saturated heterocycles. The number of alkyl halides is 3. The number of nitrogens with zero attached hydrogens (tertiary/aromatic N) is 1. The molecule has 0 spiro atoms. The van der Waals surface area contributed by atoms with Crippen LogP contribution in [0.3, 0.4) is 0 Å². The van der Waals surface area contributed by atoms with Gasteiger partial charge in [0.2, 0.25) is 0 Å². The van der Waals surface area contributed by atoms with Crippen LogP contribution < -0.4 is 5.56 Å². The molecule has 0 fully saturated rings. The summed E-state index contributed by atoms with van der Waals surface area (Å²) in [5, 5.41) is 0.727. The van der Waals surface area contributed by atoms with Crippen molar-refractivity contribution in [1.29, 1.82) is 0 Å². The highest BCUT2D eigenvalue weighted by molar-refractivity contribution is 6.31. The van der Waals surface area contributed by atoms with E-state index in [0.717, 1.165) is 12.1 Å². The third kappa shape index (κ3) is 2.69. The van der Waals surface area contributed by atoms with Gasteiger partial charge in [0.05, 0.1) is 16.5 Å². The van der Waals surface area contributed by atoms with Crippen LogP contribution in [0.5, 0.6) is 0 Å². The zero-order valence-electron chi connectivity index (χ0n) is 10.9. The lowest BCUT2D eigenvalue weighted by molar-refractivity contribution is -0.137. The maximum Gasteiger partial charge on any atom is 0.416 e. The number of H-pyrrole nitrogens is 1. The Bertz CT molecular complexity index is 901. The molecule has 1 aromatic heterocycles. The zero-order valence-corrected chi connectivity index (χ0v) is 11.7. The fraction of sp³-hybridized carbons (Fsp3) is 0.0667. The molecule has 0 radical (unpaired) electrons. The van der Waals surface area contributed by atoms with Gasteiger partial charge in [0.1, 0.15) is 5.82 Å². The van der Waals surface area contributed by atoms with Crippen molar-refractivity contribution in [3.05, 3.63) is 63.4 Å². The molecule has 0 unspecified atom stereocenters. The van der Waals surface area contributed by atoms with E-state index >= 15 is 0 Å². The summed E-state index contributed by atoms with van der Waals surface area (Å²) < 4.78 is 37.6.